The number of benzene rings is 11. The van der Waals surface area contributed by atoms with E-state index in [1.165, 1.54) is 59.7 Å². The van der Waals surface area contributed by atoms with Crippen LogP contribution in [0.25, 0.3) is 138 Å². The zero-order valence-corrected chi connectivity index (χ0v) is 34.5. The van der Waals surface area contributed by atoms with Crippen LogP contribution in [0.15, 0.2) is 217 Å². The summed E-state index contributed by atoms with van der Waals surface area (Å²) in [6.45, 7) is 0. The highest BCUT2D eigenvalue weighted by molar-refractivity contribution is 6.33. The third kappa shape index (κ3) is 5.17. The van der Waals surface area contributed by atoms with Gasteiger partial charge in [0, 0.05) is 49.1 Å². The number of rotatable bonds is 5. The Labute approximate surface area is 367 Å². The summed E-state index contributed by atoms with van der Waals surface area (Å²) in [7, 11) is 0. The molecule has 0 radical (unpaired) electrons. The van der Waals surface area contributed by atoms with Crippen molar-refractivity contribution < 1.29 is 4.42 Å². The smallest absolute Gasteiger partial charge is 0.160 e. The molecule has 0 unspecified atom stereocenters. The van der Waals surface area contributed by atoms with E-state index in [2.05, 4.69) is 211 Å². The van der Waals surface area contributed by atoms with Crippen molar-refractivity contribution in [1.82, 2.24) is 14.5 Å². The highest BCUT2D eigenvalue weighted by Gasteiger charge is 2.20. The van der Waals surface area contributed by atoms with Gasteiger partial charge in [0.2, 0.25) is 0 Å². The van der Waals surface area contributed by atoms with Gasteiger partial charge in [-0.25, -0.2) is 9.97 Å². The van der Waals surface area contributed by atoms with Crippen molar-refractivity contribution in [2.75, 3.05) is 0 Å². The molecule has 3 aromatic heterocycles. The molecule has 0 saturated carbocycles. The third-order valence-electron chi connectivity index (χ3n) is 13.3. The summed E-state index contributed by atoms with van der Waals surface area (Å²) in [6.07, 6.45) is 0. The van der Waals surface area contributed by atoms with Crippen molar-refractivity contribution >= 4 is 87.0 Å². The molecule has 0 bridgehead atoms. The van der Waals surface area contributed by atoms with Crippen LogP contribution < -0.4 is 0 Å². The molecule has 4 heteroatoms. The van der Waals surface area contributed by atoms with Crippen molar-refractivity contribution in [2.45, 2.75) is 0 Å². The van der Waals surface area contributed by atoms with Crippen LogP contribution in [0.1, 0.15) is 0 Å². The lowest BCUT2D eigenvalue weighted by Crippen LogP contribution is -1.96. The molecule has 0 aliphatic heterocycles. The Balaban J connectivity index is 0.945. The molecule has 0 spiro atoms. The number of aromatic nitrogens is 3. The largest absolute Gasteiger partial charge is 0.456 e. The maximum Gasteiger partial charge on any atom is 0.160 e. The Morgan fingerprint density at radius 2 is 0.875 bits per heavy atom. The summed E-state index contributed by atoms with van der Waals surface area (Å²) < 4.78 is 8.73. The van der Waals surface area contributed by atoms with E-state index in [0.717, 1.165) is 72.0 Å². The first kappa shape index (κ1) is 35.0. The minimum absolute atomic E-state index is 0.706. The number of hydrogen-bond acceptors (Lipinski definition) is 3. The second kappa shape index (κ2) is 13.4. The third-order valence-corrected chi connectivity index (χ3v) is 13.3. The van der Waals surface area contributed by atoms with Gasteiger partial charge in [0.05, 0.1) is 22.2 Å². The fourth-order valence-electron chi connectivity index (χ4n) is 10.4. The molecule has 0 fully saturated rings. The van der Waals surface area contributed by atoms with Crippen LogP contribution in [0.3, 0.4) is 0 Å². The molecular weight excluding hydrogens is 779 g/mol. The van der Waals surface area contributed by atoms with E-state index < -0.39 is 0 Å². The zero-order chi connectivity index (χ0) is 41.9. The second-order valence-corrected chi connectivity index (χ2v) is 16.9. The lowest BCUT2D eigenvalue weighted by Gasteiger charge is -2.12. The maximum atomic E-state index is 6.34. The lowest BCUT2D eigenvalue weighted by atomic mass is 9.92. The van der Waals surface area contributed by atoms with E-state index in [9.17, 15) is 0 Å². The number of hydrogen-bond donors (Lipinski definition) is 0. The number of para-hydroxylation sites is 1. The van der Waals surface area contributed by atoms with E-state index in [1.807, 2.05) is 6.07 Å². The molecule has 14 aromatic rings. The monoisotopic (exact) mass is 813 g/mol. The summed E-state index contributed by atoms with van der Waals surface area (Å²) >= 11 is 0. The van der Waals surface area contributed by atoms with Crippen LogP contribution in [0.5, 0.6) is 0 Å². The van der Waals surface area contributed by atoms with Crippen LogP contribution >= 0.6 is 0 Å². The van der Waals surface area contributed by atoms with Gasteiger partial charge in [0.1, 0.15) is 11.2 Å². The van der Waals surface area contributed by atoms with Crippen molar-refractivity contribution in [1.29, 1.82) is 0 Å². The van der Waals surface area contributed by atoms with Gasteiger partial charge >= 0.3 is 0 Å². The average molecular weight is 814 g/mol. The standard InChI is InChI=1S/C60H35N3O/c1-3-13-37(14-4-1)58-48-29-24-36-12-7-8-19-44(36)59(48)62-60(61-58)42-16-9-15-38(32-42)40-26-30-52-50(34-40)51-35-41(27-31-53(51)63(52)43-17-5-2-6-18-43)39-25-28-45-46-20-10-22-54-56(46)57-47(49(45)33-39)21-11-23-55(57)64-54/h1-35H. The van der Waals surface area contributed by atoms with E-state index in [-0.39, 0.29) is 0 Å². The van der Waals surface area contributed by atoms with Crippen LogP contribution in [-0.4, -0.2) is 14.5 Å². The van der Waals surface area contributed by atoms with E-state index in [4.69, 9.17) is 14.4 Å². The minimum atomic E-state index is 0.706. The summed E-state index contributed by atoms with van der Waals surface area (Å²) in [5, 5.41) is 13.1. The topological polar surface area (TPSA) is 43.9 Å². The van der Waals surface area contributed by atoms with Crippen LogP contribution in [0, 0.1) is 0 Å². The van der Waals surface area contributed by atoms with Gasteiger partial charge < -0.3 is 8.98 Å². The predicted octanol–water partition coefficient (Wildman–Crippen LogP) is 16.2. The molecule has 0 N–H and O–H groups in total. The second-order valence-electron chi connectivity index (χ2n) is 16.9. The predicted molar refractivity (Wildman–Crippen MR) is 267 cm³/mol. The zero-order valence-electron chi connectivity index (χ0n) is 34.5. The fraction of sp³-hybridized carbons (Fsp3) is 0. The Hall–Kier alpha value is -8.60. The van der Waals surface area contributed by atoms with Gasteiger partial charge in [-0.3, -0.25) is 0 Å². The Bertz CT molecular complexity index is 4180. The average Bonchev–Trinajstić information content (AvgIpc) is 3.92. The first-order valence-electron chi connectivity index (χ1n) is 21.8. The van der Waals surface area contributed by atoms with Crippen LogP contribution in [-0.2, 0) is 0 Å². The van der Waals surface area contributed by atoms with E-state index in [0.29, 0.717) is 5.82 Å². The van der Waals surface area contributed by atoms with Crippen LogP contribution in [0.4, 0.5) is 0 Å². The van der Waals surface area contributed by atoms with Crippen LogP contribution in [0.2, 0.25) is 0 Å². The van der Waals surface area contributed by atoms with E-state index in [1.54, 1.807) is 0 Å². The van der Waals surface area contributed by atoms with Gasteiger partial charge in [-0.15, -0.1) is 0 Å². The molecule has 0 amide bonds. The molecule has 3 heterocycles. The SMILES string of the molecule is c1ccc(-c2nc(-c3cccc(-c4ccc5c(c4)c4cc(-c6ccc7c(c6)c6cccc8oc9cccc7c9c86)ccc4n5-c4ccccc4)c3)nc3c2ccc2ccccc23)cc1. The van der Waals surface area contributed by atoms with Gasteiger partial charge in [-0.05, 0) is 116 Å². The van der Waals surface area contributed by atoms with Crippen molar-refractivity contribution in [3.05, 3.63) is 212 Å². The molecular formula is C60H35N3O. The lowest BCUT2D eigenvalue weighted by molar-refractivity contribution is 0.669. The summed E-state index contributed by atoms with van der Waals surface area (Å²) in [5.41, 5.74) is 13.9. The van der Waals surface area contributed by atoms with E-state index >= 15 is 0 Å². The molecule has 0 atom stereocenters. The first-order valence-corrected chi connectivity index (χ1v) is 21.8. The normalized spacial score (nSPS) is 12.1. The Kier molecular flexibility index (Phi) is 7.36. The minimum Gasteiger partial charge on any atom is -0.456 e. The quantitative estimate of drug-likeness (QED) is 0.163. The molecule has 0 saturated heterocycles. The van der Waals surface area contributed by atoms with Gasteiger partial charge in [0.25, 0.3) is 0 Å². The highest BCUT2D eigenvalue weighted by Crippen LogP contribution is 2.44. The summed E-state index contributed by atoms with van der Waals surface area (Å²) in [4.78, 5) is 10.6. The fourth-order valence-corrected chi connectivity index (χ4v) is 10.4. The molecule has 296 valence electrons. The van der Waals surface area contributed by atoms with Crippen molar-refractivity contribution in [3.8, 4) is 50.6 Å². The summed E-state index contributed by atoms with van der Waals surface area (Å²) in [5.74, 6) is 0.706. The number of nitrogens with zero attached hydrogens (tertiary/aromatic N) is 3. The van der Waals surface area contributed by atoms with Gasteiger partial charge in [-0.1, -0.05) is 146 Å². The number of fused-ring (bicyclic) bond motifs is 9. The summed E-state index contributed by atoms with van der Waals surface area (Å²) in [6, 6.07) is 76.2. The number of furan rings is 1. The van der Waals surface area contributed by atoms with Crippen molar-refractivity contribution in [3.63, 3.8) is 0 Å². The molecule has 14 rings (SSSR count). The molecule has 4 nitrogen and oxygen atoms in total. The first-order chi connectivity index (χ1) is 31.7. The molecule has 0 aliphatic carbocycles. The van der Waals surface area contributed by atoms with Gasteiger partial charge in [0.15, 0.2) is 5.82 Å². The maximum absolute atomic E-state index is 6.34. The van der Waals surface area contributed by atoms with Crippen molar-refractivity contribution in [2.24, 2.45) is 0 Å². The molecule has 64 heavy (non-hydrogen) atoms. The molecule has 11 aromatic carbocycles. The molecule has 0 aliphatic rings. The Morgan fingerprint density at radius 3 is 1.61 bits per heavy atom. The Morgan fingerprint density at radius 1 is 0.328 bits per heavy atom. The highest BCUT2D eigenvalue weighted by atomic mass is 16.3. The van der Waals surface area contributed by atoms with Gasteiger partial charge in [-0.2, -0.15) is 0 Å².